The van der Waals surface area contributed by atoms with Crippen LogP contribution < -0.4 is 0 Å². The second kappa shape index (κ2) is 11.0. The molecular weight excluding hydrogens is 320 g/mol. The molecule has 1 N–H and O–H groups in total. The first-order valence-electron chi connectivity index (χ1n) is 10.4. The van der Waals surface area contributed by atoms with Crippen LogP contribution in [0.15, 0.2) is 48.6 Å². The van der Waals surface area contributed by atoms with Crippen LogP contribution in [0.4, 0.5) is 0 Å². The van der Waals surface area contributed by atoms with Gasteiger partial charge in [-0.25, -0.2) is 0 Å². The molecule has 0 aromatic heterocycles. The molecule has 142 valence electrons. The molecule has 1 aliphatic carbocycles. The second-order valence-corrected chi connectivity index (χ2v) is 7.60. The van der Waals surface area contributed by atoms with Gasteiger partial charge in [0, 0.05) is 0 Å². The molecule has 0 radical (unpaired) electrons. The van der Waals surface area contributed by atoms with Gasteiger partial charge < -0.3 is 5.11 Å². The molecule has 0 amide bonds. The third-order valence-electron chi connectivity index (χ3n) is 5.53. The molecule has 0 heterocycles. The second-order valence-electron chi connectivity index (χ2n) is 7.60. The summed E-state index contributed by atoms with van der Waals surface area (Å²) in [6, 6.07) is 10.2. The monoisotopic (exact) mass is 354 g/mol. The fourth-order valence-electron chi connectivity index (χ4n) is 3.72. The number of carbonyl (C=O) groups is 1. The first-order chi connectivity index (χ1) is 12.7. The number of carboxylic acids is 1. The zero-order valence-electron chi connectivity index (χ0n) is 16.3. The van der Waals surface area contributed by atoms with Crippen LogP contribution in [0.5, 0.6) is 0 Å². The number of hydrogen-bond acceptors (Lipinski definition) is 1. The summed E-state index contributed by atoms with van der Waals surface area (Å²) in [7, 11) is 0. The van der Waals surface area contributed by atoms with E-state index in [1.165, 1.54) is 44.9 Å². The molecule has 1 aromatic carbocycles. The van der Waals surface area contributed by atoms with Crippen LogP contribution in [0.2, 0.25) is 0 Å². The van der Waals surface area contributed by atoms with Gasteiger partial charge in [0.25, 0.3) is 0 Å². The maximum Gasteiger partial charge on any atom is 0.313 e. The van der Waals surface area contributed by atoms with Crippen LogP contribution in [0.25, 0.3) is 5.57 Å². The Labute approximate surface area is 159 Å². The smallest absolute Gasteiger partial charge is 0.313 e. The minimum atomic E-state index is -0.709. The van der Waals surface area contributed by atoms with Gasteiger partial charge in [-0.05, 0) is 24.0 Å². The number of aliphatic carboxylic acids is 1. The van der Waals surface area contributed by atoms with E-state index >= 15 is 0 Å². The highest BCUT2D eigenvalue weighted by Gasteiger charge is 2.35. The molecule has 2 nitrogen and oxygen atoms in total. The Morgan fingerprint density at radius 2 is 1.58 bits per heavy atom. The Morgan fingerprint density at radius 3 is 2.12 bits per heavy atom. The minimum Gasteiger partial charge on any atom is -0.481 e. The number of allylic oxidation sites excluding steroid dienone is 3. The van der Waals surface area contributed by atoms with E-state index < -0.39 is 11.4 Å². The zero-order valence-corrected chi connectivity index (χ0v) is 16.3. The molecule has 0 bridgehead atoms. The highest BCUT2D eigenvalue weighted by molar-refractivity contribution is 5.83. The number of unbranched alkanes of at least 4 members (excludes halogenated alkanes) is 8. The minimum absolute atomic E-state index is 0.597. The Morgan fingerprint density at radius 1 is 0.962 bits per heavy atom. The SMILES string of the molecule is CCCCCCCCCCCC1(C(=O)O)C=CC(c2ccccc2)=CC1. The molecule has 0 fully saturated rings. The molecular formula is C24H34O2. The van der Waals surface area contributed by atoms with Crippen molar-refractivity contribution in [2.24, 2.45) is 5.41 Å². The number of hydrogen-bond donors (Lipinski definition) is 1. The molecule has 1 atom stereocenters. The quantitative estimate of drug-likeness (QED) is 0.409. The molecule has 1 unspecified atom stereocenters. The van der Waals surface area contributed by atoms with Crippen molar-refractivity contribution < 1.29 is 9.90 Å². The highest BCUT2D eigenvalue weighted by Crippen LogP contribution is 2.38. The van der Waals surface area contributed by atoms with E-state index in [0.29, 0.717) is 6.42 Å². The molecule has 0 saturated heterocycles. The van der Waals surface area contributed by atoms with E-state index in [1.807, 2.05) is 30.4 Å². The van der Waals surface area contributed by atoms with E-state index in [-0.39, 0.29) is 0 Å². The fourth-order valence-corrected chi connectivity index (χ4v) is 3.72. The van der Waals surface area contributed by atoms with Crippen molar-refractivity contribution in [3.63, 3.8) is 0 Å². The molecule has 26 heavy (non-hydrogen) atoms. The number of benzene rings is 1. The lowest BCUT2D eigenvalue weighted by molar-refractivity contribution is -0.146. The summed E-state index contributed by atoms with van der Waals surface area (Å²) < 4.78 is 0. The lowest BCUT2D eigenvalue weighted by atomic mass is 9.75. The molecule has 1 aliphatic rings. The molecule has 1 aromatic rings. The van der Waals surface area contributed by atoms with E-state index in [4.69, 9.17) is 0 Å². The van der Waals surface area contributed by atoms with Crippen molar-refractivity contribution in [3.05, 3.63) is 54.1 Å². The number of rotatable bonds is 12. The third-order valence-corrected chi connectivity index (χ3v) is 5.53. The standard InChI is InChI=1S/C24H34O2/c1-2-3-4-5-6-7-8-9-13-18-24(23(25)26)19-16-22(17-20-24)21-14-11-10-12-15-21/h10-12,14-17,19H,2-9,13,18,20H2,1H3,(H,25,26). The predicted octanol–water partition coefficient (Wildman–Crippen LogP) is 7.02. The van der Waals surface area contributed by atoms with Crippen LogP contribution in [0, 0.1) is 5.41 Å². The van der Waals surface area contributed by atoms with E-state index in [2.05, 4.69) is 25.1 Å². The van der Waals surface area contributed by atoms with Crippen molar-refractivity contribution in [2.45, 2.75) is 77.6 Å². The number of carboxylic acid groups (broad SMARTS) is 1. The van der Waals surface area contributed by atoms with Crippen molar-refractivity contribution in [3.8, 4) is 0 Å². The molecule has 2 rings (SSSR count). The average Bonchev–Trinajstić information content (AvgIpc) is 2.68. The summed E-state index contributed by atoms with van der Waals surface area (Å²) in [5, 5.41) is 9.79. The van der Waals surface area contributed by atoms with Crippen molar-refractivity contribution >= 4 is 11.5 Å². The van der Waals surface area contributed by atoms with Crippen LogP contribution in [-0.4, -0.2) is 11.1 Å². The van der Waals surface area contributed by atoms with Crippen molar-refractivity contribution in [1.29, 1.82) is 0 Å². The molecule has 0 aliphatic heterocycles. The first kappa shape index (κ1) is 20.5. The van der Waals surface area contributed by atoms with Crippen LogP contribution in [0.1, 0.15) is 83.1 Å². The summed E-state index contributed by atoms with van der Waals surface area (Å²) in [6.45, 7) is 2.25. The normalized spacial score (nSPS) is 19.3. The maximum absolute atomic E-state index is 11.9. The third kappa shape index (κ3) is 6.16. The molecule has 2 heteroatoms. The van der Waals surface area contributed by atoms with Gasteiger partial charge in [-0.2, -0.15) is 0 Å². The van der Waals surface area contributed by atoms with E-state index in [9.17, 15) is 9.90 Å². The van der Waals surface area contributed by atoms with Gasteiger partial charge in [-0.1, -0.05) is 113 Å². The first-order valence-corrected chi connectivity index (χ1v) is 10.4. The summed E-state index contributed by atoms with van der Waals surface area (Å²) in [6.07, 6.45) is 18.7. The summed E-state index contributed by atoms with van der Waals surface area (Å²) in [5.41, 5.74) is 1.58. The lowest BCUT2D eigenvalue weighted by Gasteiger charge is -2.28. The van der Waals surface area contributed by atoms with Gasteiger partial charge >= 0.3 is 5.97 Å². The van der Waals surface area contributed by atoms with Gasteiger partial charge in [-0.3, -0.25) is 4.79 Å². The van der Waals surface area contributed by atoms with Gasteiger partial charge in [0.2, 0.25) is 0 Å². The average molecular weight is 355 g/mol. The van der Waals surface area contributed by atoms with Gasteiger partial charge in [0.15, 0.2) is 0 Å². The van der Waals surface area contributed by atoms with Crippen LogP contribution in [0.3, 0.4) is 0 Å². The lowest BCUT2D eigenvalue weighted by Crippen LogP contribution is -2.29. The Hall–Kier alpha value is -1.83. The van der Waals surface area contributed by atoms with Gasteiger partial charge in [0.1, 0.15) is 0 Å². The van der Waals surface area contributed by atoms with E-state index in [1.54, 1.807) is 0 Å². The van der Waals surface area contributed by atoms with Gasteiger partial charge in [0.05, 0.1) is 5.41 Å². The highest BCUT2D eigenvalue weighted by atomic mass is 16.4. The Kier molecular flexibility index (Phi) is 8.67. The van der Waals surface area contributed by atoms with E-state index in [0.717, 1.165) is 30.4 Å². The summed E-state index contributed by atoms with van der Waals surface area (Å²) in [5.74, 6) is -0.684. The fraction of sp³-hybridized carbons (Fsp3) is 0.542. The Balaban J connectivity index is 1.75. The molecule has 0 spiro atoms. The maximum atomic E-state index is 11.9. The zero-order chi connectivity index (χ0) is 18.7. The van der Waals surface area contributed by atoms with Gasteiger partial charge in [-0.15, -0.1) is 0 Å². The largest absolute Gasteiger partial charge is 0.481 e. The summed E-state index contributed by atoms with van der Waals surface area (Å²) >= 11 is 0. The Bertz CT molecular complexity index is 600. The van der Waals surface area contributed by atoms with Crippen molar-refractivity contribution in [1.82, 2.24) is 0 Å². The molecule has 0 saturated carbocycles. The van der Waals surface area contributed by atoms with Crippen LogP contribution >= 0.6 is 0 Å². The summed E-state index contributed by atoms with van der Waals surface area (Å²) in [4.78, 5) is 11.9. The van der Waals surface area contributed by atoms with Crippen LogP contribution in [-0.2, 0) is 4.79 Å². The predicted molar refractivity (Wildman–Crippen MR) is 110 cm³/mol. The van der Waals surface area contributed by atoms with Crippen molar-refractivity contribution in [2.75, 3.05) is 0 Å². The topological polar surface area (TPSA) is 37.3 Å².